The van der Waals surface area contributed by atoms with Gasteiger partial charge in [-0.25, -0.2) is 8.78 Å². The van der Waals surface area contributed by atoms with Crippen LogP contribution in [0.4, 0.5) is 45.9 Å². The molecule has 0 saturated carbocycles. The Morgan fingerprint density at radius 2 is 1.91 bits per heavy atom. The number of benzene rings is 2. The van der Waals surface area contributed by atoms with E-state index in [0.717, 1.165) is 12.5 Å². The van der Waals surface area contributed by atoms with Crippen LogP contribution in [0, 0.1) is 28.5 Å². The number of rotatable bonds is 8. The van der Waals surface area contributed by atoms with Crippen LogP contribution in [0.15, 0.2) is 18.2 Å². The monoisotopic (exact) mass is 792 g/mol. The van der Waals surface area contributed by atoms with Crippen LogP contribution in [-0.2, 0) is 17.1 Å². The number of nitriles is 2. The number of nitrogens with zero attached hydrogens (tertiary/aromatic N) is 7. The third-order valence-corrected chi connectivity index (χ3v) is 11.8. The molecule has 0 unspecified atom stereocenters. The lowest BCUT2D eigenvalue weighted by Crippen LogP contribution is -2.43. The Kier molecular flexibility index (Phi) is 9.69. The summed E-state index contributed by atoms with van der Waals surface area (Å²) in [4.78, 5) is 25.9. The van der Waals surface area contributed by atoms with Crippen LogP contribution in [0.3, 0.4) is 0 Å². The zero-order chi connectivity index (χ0) is 39.6. The van der Waals surface area contributed by atoms with Crippen molar-refractivity contribution in [1.29, 1.82) is 10.5 Å². The second-order valence-corrected chi connectivity index (χ2v) is 15.0. The standard InChI is InChI=1S/C36H32F8N8O2S/c1-2-52(19-7-11-50(16-19)25(53)6-9-45)32-21-12-23(35(39,40)41)27(20-4-5-24(38)30-26(20)22(14-46)31(47)55-30)28(36(42,43)44)29(21)48-33(49-32)54-17-34-8-3-10-51(34)15-18(37)13-34/h4-5,12,18-19H,2-3,6-8,10-11,13,15-17,47H2,1H3/t18-,19+,34+/m1/s1. The minimum Gasteiger partial charge on any atom is -0.461 e. The molecule has 0 bridgehead atoms. The molecular formula is C36H32F8N8O2S. The van der Waals surface area contributed by atoms with Gasteiger partial charge in [0.25, 0.3) is 0 Å². The van der Waals surface area contributed by atoms with Crippen molar-refractivity contribution >= 4 is 49.1 Å². The number of alkyl halides is 7. The summed E-state index contributed by atoms with van der Waals surface area (Å²) >= 11 is 0.515. The highest BCUT2D eigenvalue weighted by Gasteiger charge is 2.50. The molecule has 2 N–H and O–H groups in total. The van der Waals surface area contributed by atoms with Crippen molar-refractivity contribution in [2.45, 2.75) is 69.1 Å². The molecule has 2 aromatic carbocycles. The first kappa shape index (κ1) is 38.3. The van der Waals surface area contributed by atoms with Crippen LogP contribution < -0.4 is 15.4 Å². The zero-order valence-corrected chi connectivity index (χ0v) is 29.9. The van der Waals surface area contributed by atoms with Gasteiger partial charge in [0.1, 0.15) is 41.9 Å². The second-order valence-electron chi connectivity index (χ2n) is 13.9. The molecule has 19 heteroatoms. The summed E-state index contributed by atoms with van der Waals surface area (Å²) < 4.78 is 128. The second kappa shape index (κ2) is 13.9. The number of carbonyl (C=O) groups excluding carboxylic acids is 1. The number of likely N-dealkylation sites (N-methyl/N-ethyl adjacent to an activating group) is 1. The number of hydrogen-bond acceptors (Lipinski definition) is 10. The molecule has 3 atom stereocenters. The number of fused-ring (bicyclic) bond motifs is 3. The normalized spacial score (nSPS) is 21.6. The fourth-order valence-electron chi connectivity index (χ4n) is 8.43. The number of likely N-dealkylation sites (tertiary alicyclic amines) is 1. The van der Waals surface area contributed by atoms with Crippen LogP contribution in [0.2, 0.25) is 0 Å². The number of carbonyl (C=O) groups is 1. The highest BCUT2D eigenvalue weighted by atomic mass is 32.1. The summed E-state index contributed by atoms with van der Waals surface area (Å²) in [5.74, 6) is -1.82. The largest absolute Gasteiger partial charge is 0.461 e. The lowest BCUT2D eigenvalue weighted by atomic mass is 9.88. The Morgan fingerprint density at radius 1 is 1.15 bits per heavy atom. The number of halogens is 8. The van der Waals surface area contributed by atoms with Gasteiger partial charge in [-0.05, 0) is 50.4 Å². The van der Waals surface area contributed by atoms with E-state index in [0.29, 0.717) is 36.4 Å². The average molecular weight is 793 g/mol. The molecule has 3 aliphatic heterocycles. The number of nitrogens with two attached hydrogens (primary N) is 1. The van der Waals surface area contributed by atoms with Gasteiger partial charge in [-0.1, -0.05) is 6.07 Å². The molecule has 55 heavy (non-hydrogen) atoms. The number of hydrogen-bond donors (Lipinski definition) is 1. The molecule has 0 radical (unpaired) electrons. The van der Waals surface area contributed by atoms with Gasteiger partial charge in [-0.3, -0.25) is 9.69 Å². The maximum Gasteiger partial charge on any atom is 0.419 e. The Balaban J connectivity index is 1.51. The highest BCUT2D eigenvalue weighted by molar-refractivity contribution is 7.23. The summed E-state index contributed by atoms with van der Waals surface area (Å²) in [6, 6.07) is 4.20. The first-order valence-electron chi connectivity index (χ1n) is 17.4. The Hall–Kier alpha value is -5.01. The van der Waals surface area contributed by atoms with E-state index in [9.17, 15) is 14.4 Å². The van der Waals surface area contributed by atoms with Crippen LogP contribution in [0.5, 0.6) is 6.01 Å². The van der Waals surface area contributed by atoms with Gasteiger partial charge in [0.05, 0.1) is 38.5 Å². The van der Waals surface area contributed by atoms with Gasteiger partial charge in [-0.2, -0.15) is 46.8 Å². The fourth-order valence-corrected chi connectivity index (χ4v) is 9.38. The number of anilines is 2. The lowest BCUT2D eigenvalue weighted by molar-refractivity contribution is -0.141. The predicted octanol–water partition coefficient (Wildman–Crippen LogP) is 7.44. The third kappa shape index (κ3) is 6.60. The molecular weight excluding hydrogens is 761 g/mol. The predicted molar refractivity (Wildman–Crippen MR) is 186 cm³/mol. The Labute approximate surface area is 312 Å². The maximum atomic E-state index is 15.6. The summed E-state index contributed by atoms with van der Waals surface area (Å²) in [5, 5.41) is 17.5. The SMILES string of the molecule is CCN(c1nc(OC[C@@]23CCCN2C[C@H](F)C3)nc2c(C(F)(F)F)c(-c3ccc(F)c4sc(N)c(C#N)c34)c(C(F)(F)F)cc12)[C@H]1CCN(C(=O)CC#N)C1. The number of nitrogen functional groups attached to an aromatic ring is 1. The topological polar surface area (TPSA) is 135 Å². The summed E-state index contributed by atoms with van der Waals surface area (Å²) in [5.41, 5.74) is -2.03. The van der Waals surface area contributed by atoms with Crippen molar-refractivity contribution in [3.8, 4) is 29.3 Å². The Morgan fingerprint density at radius 3 is 2.58 bits per heavy atom. The number of amides is 1. The highest BCUT2D eigenvalue weighted by Crippen LogP contribution is 2.52. The van der Waals surface area contributed by atoms with Gasteiger partial charge in [0.15, 0.2) is 0 Å². The van der Waals surface area contributed by atoms with Crippen molar-refractivity contribution in [1.82, 2.24) is 19.8 Å². The van der Waals surface area contributed by atoms with Crippen molar-refractivity contribution in [3.05, 3.63) is 40.7 Å². The molecule has 10 nitrogen and oxygen atoms in total. The molecule has 0 spiro atoms. The van der Waals surface area contributed by atoms with Crippen LogP contribution in [0.25, 0.3) is 32.1 Å². The van der Waals surface area contributed by atoms with Crippen molar-refractivity contribution in [3.63, 3.8) is 0 Å². The van der Waals surface area contributed by atoms with Gasteiger partial charge in [-0.15, -0.1) is 11.3 Å². The van der Waals surface area contributed by atoms with Crippen LogP contribution in [0.1, 0.15) is 55.7 Å². The molecule has 2 aromatic heterocycles. The van der Waals surface area contributed by atoms with E-state index in [-0.39, 0.29) is 56.4 Å². The third-order valence-electron chi connectivity index (χ3n) is 10.8. The Bertz CT molecular complexity index is 2280. The van der Waals surface area contributed by atoms with E-state index in [4.69, 9.17) is 15.7 Å². The molecule has 5 heterocycles. The van der Waals surface area contributed by atoms with Gasteiger partial charge in [0, 0.05) is 55.0 Å². The summed E-state index contributed by atoms with van der Waals surface area (Å²) in [6.07, 6.45) is -11.0. The van der Waals surface area contributed by atoms with Gasteiger partial charge in [0.2, 0.25) is 5.91 Å². The zero-order valence-electron chi connectivity index (χ0n) is 29.1. The number of ether oxygens (including phenoxy) is 1. The minimum atomic E-state index is -5.54. The van der Waals surface area contributed by atoms with Crippen LogP contribution in [-0.4, -0.2) is 82.8 Å². The maximum absolute atomic E-state index is 15.6. The molecule has 4 aromatic rings. The fraction of sp³-hybridized carbons (Fsp3) is 0.472. The summed E-state index contributed by atoms with van der Waals surface area (Å²) in [6.45, 7) is 2.32. The average Bonchev–Trinajstić information content (AvgIpc) is 3.89. The molecule has 3 fully saturated rings. The number of thiophene rings is 1. The van der Waals surface area contributed by atoms with Crippen molar-refractivity contribution in [2.24, 2.45) is 0 Å². The molecule has 3 saturated heterocycles. The van der Waals surface area contributed by atoms with Crippen LogP contribution >= 0.6 is 11.3 Å². The van der Waals surface area contributed by atoms with Gasteiger partial charge >= 0.3 is 18.4 Å². The molecule has 0 aliphatic carbocycles. The first-order valence-corrected chi connectivity index (χ1v) is 18.2. The molecule has 290 valence electrons. The molecule has 7 rings (SSSR count). The minimum absolute atomic E-state index is 0.00636. The van der Waals surface area contributed by atoms with E-state index in [1.165, 1.54) is 9.80 Å². The van der Waals surface area contributed by atoms with E-state index >= 15 is 30.7 Å². The smallest absolute Gasteiger partial charge is 0.419 e. The number of aromatic nitrogens is 2. The van der Waals surface area contributed by atoms with E-state index < -0.39 is 103 Å². The first-order chi connectivity index (χ1) is 26.0. The van der Waals surface area contributed by atoms with Crippen molar-refractivity contribution < 1.29 is 44.7 Å². The van der Waals surface area contributed by atoms with E-state index in [1.54, 1.807) is 19.1 Å². The van der Waals surface area contributed by atoms with E-state index in [2.05, 4.69) is 9.97 Å². The quantitative estimate of drug-likeness (QED) is 0.181. The van der Waals surface area contributed by atoms with E-state index in [1.807, 2.05) is 4.90 Å². The van der Waals surface area contributed by atoms with Crippen molar-refractivity contribution in [2.75, 3.05) is 50.0 Å². The molecule has 1 amide bonds. The molecule has 3 aliphatic rings. The lowest BCUT2D eigenvalue weighted by Gasteiger charge is -2.32. The van der Waals surface area contributed by atoms with Gasteiger partial charge < -0.3 is 20.3 Å². The summed E-state index contributed by atoms with van der Waals surface area (Å²) in [7, 11) is 0.